The molecule has 1 aliphatic rings. The molecule has 1 N–H and O–H groups in total. The fraction of sp³-hybridized carbons (Fsp3) is 0.0476. The molecule has 4 rings (SSSR count). The van der Waals surface area contributed by atoms with Crippen molar-refractivity contribution >= 4 is 17.2 Å². The quantitative estimate of drug-likeness (QED) is 0.790. The lowest BCUT2D eigenvalue weighted by molar-refractivity contribution is 0.238. The zero-order chi connectivity index (χ0) is 16.4. The van der Waals surface area contributed by atoms with Crippen LogP contribution in [0.4, 0.5) is 0 Å². The van der Waals surface area contributed by atoms with E-state index in [2.05, 4.69) is 34.3 Å². The molecule has 1 atom stereocenters. The SMILES string of the molecule is O[C@@H](C1=C/C(=C/c2ccncc2)c2ccccc21)c1ccncc1. The number of aliphatic hydroxyl groups excluding tert-OH is 1. The van der Waals surface area contributed by atoms with Crippen LogP contribution in [0.15, 0.2) is 79.4 Å². The zero-order valence-electron chi connectivity index (χ0n) is 13.0. The first-order chi connectivity index (χ1) is 11.8. The molecule has 0 saturated heterocycles. The summed E-state index contributed by atoms with van der Waals surface area (Å²) in [6, 6.07) is 15.8. The molecule has 24 heavy (non-hydrogen) atoms. The van der Waals surface area contributed by atoms with Gasteiger partial charge in [-0.3, -0.25) is 9.97 Å². The van der Waals surface area contributed by atoms with Crippen LogP contribution in [0.5, 0.6) is 0 Å². The maximum atomic E-state index is 10.8. The number of hydrogen-bond donors (Lipinski definition) is 1. The number of pyridine rings is 2. The molecule has 0 fully saturated rings. The van der Waals surface area contributed by atoms with E-state index in [1.807, 2.05) is 36.4 Å². The maximum Gasteiger partial charge on any atom is 0.105 e. The smallest absolute Gasteiger partial charge is 0.105 e. The van der Waals surface area contributed by atoms with Crippen molar-refractivity contribution in [2.75, 3.05) is 0 Å². The van der Waals surface area contributed by atoms with Crippen LogP contribution in [0.3, 0.4) is 0 Å². The molecule has 2 heterocycles. The van der Waals surface area contributed by atoms with E-state index >= 15 is 0 Å². The highest BCUT2D eigenvalue weighted by Gasteiger charge is 2.24. The number of allylic oxidation sites excluding steroid dienone is 2. The van der Waals surface area contributed by atoms with Gasteiger partial charge in [-0.05, 0) is 69.8 Å². The molecular weight excluding hydrogens is 296 g/mol. The molecule has 0 bridgehead atoms. The Morgan fingerprint density at radius 2 is 1.42 bits per heavy atom. The van der Waals surface area contributed by atoms with Crippen molar-refractivity contribution in [3.05, 3.63) is 102 Å². The summed E-state index contributed by atoms with van der Waals surface area (Å²) < 4.78 is 0. The lowest BCUT2D eigenvalue weighted by Crippen LogP contribution is -1.99. The van der Waals surface area contributed by atoms with E-state index < -0.39 is 6.10 Å². The van der Waals surface area contributed by atoms with Gasteiger partial charge in [0.15, 0.2) is 0 Å². The molecule has 0 saturated carbocycles. The predicted molar refractivity (Wildman–Crippen MR) is 95.7 cm³/mol. The van der Waals surface area contributed by atoms with Crippen LogP contribution in [0.2, 0.25) is 0 Å². The van der Waals surface area contributed by atoms with Crippen LogP contribution in [-0.4, -0.2) is 15.1 Å². The van der Waals surface area contributed by atoms with Crippen molar-refractivity contribution in [1.29, 1.82) is 0 Å². The normalized spacial score (nSPS) is 15.9. The average molecular weight is 312 g/mol. The van der Waals surface area contributed by atoms with E-state index in [4.69, 9.17) is 0 Å². The minimum absolute atomic E-state index is 0.669. The van der Waals surface area contributed by atoms with Gasteiger partial charge in [-0.25, -0.2) is 0 Å². The van der Waals surface area contributed by atoms with Gasteiger partial charge in [0.05, 0.1) is 0 Å². The third-order valence-corrected chi connectivity index (χ3v) is 4.20. The molecule has 0 radical (unpaired) electrons. The van der Waals surface area contributed by atoms with Gasteiger partial charge in [-0.15, -0.1) is 0 Å². The van der Waals surface area contributed by atoms with Gasteiger partial charge in [0.25, 0.3) is 0 Å². The van der Waals surface area contributed by atoms with Gasteiger partial charge in [-0.1, -0.05) is 24.3 Å². The summed E-state index contributed by atoms with van der Waals surface area (Å²) in [6.45, 7) is 0. The number of nitrogens with zero attached hydrogens (tertiary/aromatic N) is 2. The summed E-state index contributed by atoms with van der Waals surface area (Å²) in [6.07, 6.45) is 10.5. The molecule has 0 unspecified atom stereocenters. The first kappa shape index (κ1) is 14.5. The summed E-state index contributed by atoms with van der Waals surface area (Å²) in [4.78, 5) is 8.08. The third-order valence-electron chi connectivity index (χ3n) is 4.20. The van der Waals surface area contributed by atoms with Crippen molar-refractivity contribution < 1.29 is 5.11 Å². The highest BCUT2D eigenvalue weighted by molar-refractivity contribution is 6.02. The van der Waals surface area contributed by atoms with Gasteiger partial charge >= 0.3 is 0 Å². The maximum absolute atomic E-state index is 10.8. The van der Waals surface area contributed by atoms with Crippen LogP contribution < -0.4 is 0 Å². The fourth-order valence-electron chi connectivity index (χ4n) is 3.02. The standard InChI is InChI=1S/C21H16N2O/c24-21(16-7-11-23-12-8-16)20-14-17(13-15-5-9-22-10-6-15)18-3-1-2-4-19(18)20/h1-14,21,24H/b17-13-/t21-/m1/s1. The van der Waals surface area contributed by atoms with Crippen LogP contribution >= 0.6 is 0 Å². The molecular formula is C21H16N2O. The van der Waals surface area contributed by atoms with Crippen LogP contribution in [-0.2, 0) is 0 Å². The molecule has 1 aromatic carbocycles. The topological polar surface area (TPSA) is 46.0 Å². The van der Waals surface area contributed by atoms with Crippen molar-refractivity contribution in [3.63, 3.8) is 0 Å². The molecule has 0 aliphatic heterocycles. The Labute approximate surface area is 140 Å². The monoisotopic (exact) mass is 312 g/mol. The van der Waals surface area contributed by atoms with Gasteiger partial charge in [-0.2, -0.15) is 0 Å². The second-order valence-electron chi connectivity index (χ2n) is 5.71. The summed E-state index contributed by atoms with van der Waals surface area (Å²) in [5.74, 6) is 0. The Bertz CT molecular complexity index is 915. The Hall–Kier alpha value is -3.04. The number of rotatable bonds is 3. The van der Waals surface area contributed by atoms with Gasteiger partial charge in [0.2, 0.25) is 0 Å². The van der Waals surface area contributed by atoms with Crippen molar-refractivity contribution in [3.8, 4) is 0 Å². The Kier molecular flexibility index (Phi) is 3.77. The molecule has 1 aliphatic carbocycles. The lowest BCUT2D eigenvalue weighted by Gasteiger charge is -2.13. The van der Waals surface area contributed by atoms with E-state index in [1.54, 1.807) is 24.8 Å². The second kappa shape index (κ2) is 6.22. The molecule has 2 aromatic heterocycles. The van der Waals surface area contributed by atoms with Gasteiger partial charge < -0.3 is 5.11 Å². The van der Waals surface area contributed by atoms with E-state index in [9.17, 15) is 5.11 Å². The number of aliphatic hydroxyl groups is 1. The lowest BCUT2D eigenvalue weighted by atomic mass is 9.97. The molecule has 3 nitrogen and oxygen atoms in total. The largest absolute Gasteiger partial charge is 0.384 e. The van der Waals surface area contributed by atoms with Crippen molar-refractivity contribution in [2.45, 2.75) is 6.10 Å². The van der Waals surface area contributed by atoms with Crippen LogP contribution in [0, 0.1) is 0 Å². The average Bonchev–Trinajstić information content (AvgIpc) is 3.01. The first-order valence-electron chi connectivity index (χ1n) is 7.84. The number of hydrogen-bond acceptors (Lipinski definition) is 3. The van der Waals surface area contributed by atoms with Crippen LogP contribution in [0.25, 0.3) is 17.2 Å². The van der Waals surface area contributed by atoms with E-state index in [-0.39, 0.29) is 0 Å². The Morgan fingerprint density at radius 3 is 2.12 bits per heavy atom. The minimum atomic E-state index is -0.669. The van der Waals surface area contributed by atoms with E-state index in [1.165, 1.54) is 0 Å². The van der Waals surface area contributed by atoms with E-state index in [0.29, 0.717) is 0 Å². The molecule has 0 spiro atoms. The summed E-state index contributed by atoms with van der Waals surface area (Å²) >= 11 is 0. The summed E-state index contributed by atoms with van der Waals surface area (Å²) in [5, 5.41) is 10.8. The molecule has 116 valence electrons. The number of fused-ring (bicyclic) bond motifs is 1. The Balaban J connectivity index is 1.80. The molecule has 0 amide bonds. The molecule has 3 aromatic rings. The third kappa shape index (κ3) is 2.66. The predicted octanol–water partition coefficient (Wildman–Crippen LogP) is 4.15. The number of benzene rings is 1. The van der Waals surface area contributed by atoms with Gasteiger partial charge in [0, 0.05) is 24.8 Å². The second-order valence-corrected chi connectivity index (χ2v) is 5.71. The van der Waals surface area contributed by atoms with E-state index in [0.717, 1.165) is 33.4 Å². The fourth-order valence-corrected chi connectivity index (χ4v) is 3.02. The summed E-state index contributed by atoms with van der Waals surface area (Å²) in [7, 11) is 0. The van der Waals surface area contributed by atoms with Crippen molar-refractivity contribution in [2.24, 2.45) is 0 Å². The highest BCUT2D eigenvalue weighted by atomic mass is 16.3. The van der Waals surface area contributed by atoms with Crippen molar-refractivity contribution in [1.82, 2.24) is 9.97 Å². The molecule has 3 heteroatoms. The summed E-state index contributed by atoms with van der Waals surface area (Å²) in [5.41, 5.74) is 6.15. The van der Waals surface area contributed by atoms with Gasteiger partial charge in [0.1, 0.15) is 6.10 Å². The number of aromatic nitrogens is 2. The van der Waals surface area contributed by atoms with Crippen LogP contribution in [0.1, 0.15) is 28.4 Å². The Morgan fingerprint density at radius 1 is 0.792 bits per heavy atom. The highest BCUT2D eigenvalue weighted by Crippen LogP contribution is 2.42. The first-order valence-corrected chi connectivity index (χ1v) is 7.84. The minimum Gasteiger partial charge on any atom is -0.384 e. The zero-order valence-corrected chi connectivity index (χ0v) is 13.0.